The minimum Gasteiger partial charge on any atom is -0.481 e. The summed E-state index contributed by atoms with van der Waals surface area (Å²) < 4.78 is 68.5. The Morgan fingerprint density at radius 2 is 1.75 bits per heavy atom. The number of sulfonamides is 1. The maximum Gasteiger partial charge on any atom is 0.386 e. The van der Waals surface area contributed by atoms with Gasteiger partial charge in [-0.15, -0.1) is 0 Å². The lowest BCUT2D eigenvalue weighted by Gasteiger charge is -2.20. The lowest BCUT2D eigenvalue weighted by atomic mass is 10.1. The quantitative estimate of drug-likeness (QED) is 0.629. The molecule has 0 unspecified atom stereocenters. The number of para-hydroxylation sites is 1. The molecule has 0 fully saturated rings. The molecule has 0 atom stereocenters. The van der Waals surface area contributed by atoms with Crippen molar-refractivity contribution >= 4 is 15.7 Å². The molecule has 2 N–H and O–H groups in total. The second-order valence-electron chi connectivity index (χ2n) is 5.45. The van der Waals surface area contributed by atoms with Gasteiger partial charge in [0, 0.05) is 18.2 Å². The monoisotopic (exact) mass is 419 g/mol. The van der Waals surface area contributed by atoms with Crippen molar-refractivity contribution in [2.24, 2.45) is 0 Å². The number of halogens is 2. The third kappa shape index (κ3) is 4.46. The predicted octanol–water partition coefficient (Wildman–Crippen LogP) is 1.63. The highest BCUT2D eigenvalue weighted by Gasteiger charge is 2.45. The SMILES string of the molecule is COCc1cccc(-c2nc(OC)cc(OC)n2)c1NS(=O)(=O)C(F)(F)CO. The molecule has 1 heterocycles. The second kappa shape index (κ2) is 8.63. The molecule has 2 aromatic rings. The number of alkyl halides is 2. The van der Waals surface area contributed by atoms with Crippen LogP contribution in [-0.2, 0) is 21.4 Å². The van der Waals surface area contributed by atoms with Gasteiger partial charge in [0.1, 0.15) is 6.61 Å². The van der Waals surface area contributed by atoms with E-state index in [-0.39, 0.29) is 41.0 Å². The maximum atomic E-state index is 13.7. The third-order valence-electron chi connectivity index (χ3n) is 3.60. The number of nitrogens with one attached hydrogen (secondary N) is 1. The van der Waals surface area contributed by atoms with Crippen LogP contribution in [0.2, 0.25) is 0 Å². The van der Waals surface area contributed by atoms with E-state index in [0.717, 1.165) is 0 Å². The number of aromatic nitrogens is 2. The normalized spacial score (nSPS) is 11.9. The highest BCUT2D eigenvalue weighted by Crippen LogP contribution is 2.34. The molecule has 0 aliphatic carbocycles. The summed E-state index contributed by atoms with van der Waals surface area (Å²) in [6.07, 6.45) is 0. The number of nitrogens with zero attached hydrogens (tertiary/aromatic N) is 2. The van der Waals surface area contributed by atoms with Gasteiger partial charge in [-0.05, 0) is 6.07 Å². The average Bonchev–Trinajstić information content (AvgIpc) is 2.68. The van der Waals surface area contributed by atoms with Gasteiger partial charge in [0.2, 0.25) is 11.8 Å². The summed E-state index contributed by atoms with van der Waals surface area (Å²) >= 11 is 0. The van der Waals surface area contributed by atoms with Gasteiger partial charge < -0.3 is 19.3 Å². The van der Waals surface area contributed by atoms with Crippen molar-refractivity contribution in [1.29, 1.82) is 0 Å². The first-order valence-corrected chi connectivity index (χ1v) is 9.26. The van der Waals surface area contributed by atoms with Gasteiger partial charge in [0.15, 0.2) is 5.82 Å². The summed E-state index contributed by atoms with van der Waals surface area (Å²) in [6, 6.07) is 5.87. The van der Waals surface area contributed by atoms with Gasteiger partial charge in [-0.3, -0.25) is 4.72 Å². The van der Waals surface area contributed by atoms with Crippen LogP contribution >= 0.6 is 0 Å². The van der Waals surface area contributed by atoms with Gasteiger partial charge in [-0.2, -0.15) is 18.7 Å². The highest BCUT2D eigenvalue weighted by molar-refractivity contribution is 7.93. The first-order chi connectivity index (χ1) is 13.2. The second-order valence-corrected chi connectivity index (χ2v) is 7.26. The van der Waals surface area contributed by atoms with E-state index in [2.05, 4.69) is 9.97 Å². The lowest BCUT2D eigenvalue weighted by molar-refractivity contribution is 0.0269. The van der Waals surface area contributed by atoms with Crippen molar-refractivity contribution < 1.29 is 36.5 Å². The first-order valence-electron chi connectivity index (χ1n) is 7.78. The molecule has 2 rings (SSSR count). The smallest absolute Gasteiger partial charge is 0.386 e. The Kier molecular flexibility index (Phi) is 6.69. The van der Waals surface area contributed by atoms with Crippen LogP contribution in [0.25, 0.3) is 11.4 Å². The molecule has 1 aromatic heterocycles. The van der Waals surface area contributed by atoms with Crippen molar-refractivity contribution in [2.45, 2.75) is 11.9 Å². The summed E-state index contributed by atoms with van der Waals surface area (Å²) in [4.78, 5) is 8.24. The van der Waals surface area contributed by atoms with Crippen molar-refractivity contribution in [3.63, 3.8) is 0 Å². The molecule has 9 nitrogen and oxygen atoms in total. The van der Waals surface area contributed by atoms with Gasteiger partial charge in [-0.25, -0.2) is 8.42 Å². The van der Waals surface area contributed by atoms with Gasteiger partial charge >= 0.3 is 15.3 Å². The third-order valence-corrected chi connectivity index (χ3v) is 4.99. The number of hydrogen-bond donors (Lipinski definition) is 2. The summed E-state index contributed by atoms with van der Waals surface area (Å²) in [5, 5.41) is 4.35. The van der Waals surface area contributed by atoms with Crippen LogP contribution in [0.3, 0.4) is 0 Å². The Morgan fingerprint density at radius 3 is 2.25 bits per heavy atom. The van der Waals surface area contributed by atoms with E-state index in [1.165, 1.54) is 39.5 Å². The first kappa shape index (κ1) is 21.7. The molecular formula is C16H19F2N3O6S. The summed E-state index contributed by atoms with van der Waals surface area (Å²) in [7, 11) is -1.19. The number of rotatable bonds is 9. The minimum absolute atomic E-state index is 0.0285. The molecule has 0 saturated heterocycles. The van der Waals surface area contributed by atoms with Crippen LogP contribution in [0, 0.1) is 0 Å². The molecule has 28 heavy (non-hydrogen) atoms. The Hall–Kier alpha value is -2.57. The Balaban J connectivity index is 2.69. The molecule has 0 saturated carbocycles. The number of ether oxygens (including phenoxy) is 3. The fraction of sp³-hybridized carbons (Fsp3) is 0.375. The van der Waals surface area contributed by atoms with Crippen molar-refractivity contribution in [2.75, 3.05) is 32.7 Å². The molecular weight excluding hydrogens is 400 g/mol. The largest absolute Gasteiger partial charge is 0.481 e. The molecule has 0 spiro atoms. The Bertz CT molecular complexity index is 918. The van der Waals surface area contributed by atoms with E-state index in [0.29, 0.717) is 0 Å². The minimum atomic E-state index is -5.27. The lowest BCUT2D eigenvalue weighted by Crippen LogP contribution is -2.38. The number of anilines is 1. The number of aliphatic hydroxyl groups excluding tert-OH is 1. The number of aliphatic hydroxyl groups is 1. The van der Waals surface area contributed by atoms with Gasteiger partial charge in [0.25, 0.3) is 0 Å². The van der Waals surface area contributed by atoms with Crippen molar-refractivity contribution in [3.05, 3.63) is 29.8 Å². The van der Waals surface area contributed by atoms with E-state index in [4.69, 9.17) is 19.3 Å². The van der Waals surface area contributed by atoms with Crippen LogP contribution < -0.4 is 14.2 Å². The van der Waals surface area contributed by atoms with Crippen LogP contribution in [0.15, 0.2) is 24.3 Å². The summed E-state index contributed by atoms with van der Waals surface area (Å²) in [5.74, 6) is 0.209. The standard InChI is InChI=1S/C16H19F2N3O6S/c1-25-8-10-5-4-6-11(14(10)21-28(23,24)16(17,18)9-22)15-19-12(26-2)7-13(20-15)27-3/h4-7,21-22H,8-9H2,1-3H3. The van der Waals surface area contributed by atoms with E-state index in [9.17, 15) is 17.2 Å². The number of benzene rings is 1. The summed E-state index contributed by atoms with van der Waals surface area (Å²) in [6.45, 7) is -1.97. The number of methoxy groups -OCH3 is 3. The van der Waals surface area contributed by atoms with Crippen molar-refractivity contribution in [1.82, 2.24) is 9.97 Å². The zero-order chi connectivity index (χ0) is 20.9. The fourth-order valence-corrected chi connectivity index (χ4v) is 3.04. The van der Waals surface area contributed by atoms with Gasteiger partial charge in [0.05, 0.1) is 32.6 Å². The Labute approximate surface area is 160 Å². The maximum absolute atomic E-state index is 13.7. The number of hydrogen-bond acceptors (Lipinski definition) is 8. The molecule has 0 bridgehead atoms. The molecule has 0 amide bonds. The molecule has 0 aliphatic rings. The zero-order valence-electron chi connectivity index (χ0n) is 15.3. The van der Waals surface area contributed by atoms with E-state index < -0.39 is 21.9 Å². The molecule has 154 valence electrons. The van der Waals surface area contributed by atoms with Gasteiger partial charge in [-0.1, -0.05) is 12.1 Å². The van der Waals surface area contributed by atoms with Crippen LogP contribution in [0.5, 0.6) is 11.8 Å². The molecule has 1 aromatic carbocycles. The predicted molar refractivity (Wildman–Crippen MR) is 95.9 cm³/mol. The molecule has 0 radical (unpaired) electrons. The summed E-state index contributed by atoms with van der Waals surface area (Å²) in [5.41, 5.74) is 0.125. The highest BCUT2D eigenvalue weighted by atomic mass is 32.2. The fourth-order valence-electron chi connectivity index (χ4n) is 2.21. The molecule has 12 heteroatoms. The topological polar surface area (TPSA) is 120 Å². The van der Waals surface area contributed by atoms with Crippen LogP contribution in [-0.4, -0.2) is 56.7 Å². The van der Waals surface area contributed by atoms with E-state index in [1.807, 2.05) is 4.72 Å². The van der Waals surface area contributed by atoms with E-state index in [1.54, 1.807) is 6.07 Å². The van der Waals surface area contributed by atoms with Crippen LogP contribution in [0.1, 0.15) is 5.56 Å². The van der Waals surface area contributed by atoms with Crippen molar-refractivity contribution in [3.8, 4) is 23.1 Å². The van der Waals surface area contributed by atoms with E-state index >= 15 is 0 Å². The van der Waals surface area contributed by atoms with Crippen LogP contribution in [0.4, 0.5) is 14.5 Å². The average molecular weight is 419 g/mol. The molecule has 0 aliphatic heterocycles. The zero-order valence-corrected chi connectivity index (χ0v) is 16.1. The Morgan fingerprint density at radius 1 is 1.14 bits per heavy atom.